The molecule has 144 valence electrons. The van der Waals surface area contributed by atoms with Crippen LogP contribution in [0.2, 0.25) is 0 Å². The van der Waals surface area contributed by atoms with Crippen molar-refractivity contribution >= 4 is 27.3 Å². The Hall–Kier alpha value is -2.62. The monoisotopic (exact) mass is 390 g/mol. The number of carbonyl (C=O) groups excluding carboxylic acids is 1. The number of anilines is 2. The quantitative estimate of drug-likeness (QED) is 0.695. The van der Waals surface area contributed by atoms with E-state index >= 15 is 0 Å². The first-order chi connectivity index (χ1) is 12.8. The highest BCUT2D eigenvalue weighted by Gasteiger charge is 2.19. The van der Waals surface area contributed by atoms with Crippen LogP contribution in [0.3, 0.4) is 0 Å². The van der Waals surface area contributed by atoms with E-state index in [-0.39, 0.29) is 23.1 Å². The van der Waals surface area contributed by atoms with Crippen LogP contribution in [-0.2, 0) is 14.8 Å². The summed E-state index contributed by atoms with van der Waals surface area (Å²) in [6.07, 6.45) is 0. The third-order valence-corrected chi connectivity index (χ3v) is 5.31. The Morgan fingerprint density at radius 2 is 1.74 bits per heavy atom. The van der Waals surface area contributed by atoms with Gasteiger partial charge in [-0.1, -0.05) is 6.07 Å². The Bertz CT molecular complexity index is 907. The summed E-state index contributed by atoms with van der Waals surface area (Å²) in [5.41, 5.74) is 1.44. The fourth-order valence-corrected chi connectivity index (χ4v) is 3.54. The van der Waals surface area contributed by atoms with Crippen LogP contribution in [0, 0.1) is 0 Å². The molecule has 2 aromatic rings. The summed E-state index contributed by atoms with van der Waals surface area (Å²) in [5, 5.41) is 17.2. The molecule has 2 aromatic carbocycles. The lowest BCUT2D eigenvalue weighted by molar-refractivity contribution is -0.117. The van der Waals surface area contributed by atoms with E-state index in [4.69, 9.17) is 5.14 Å². The highest BCUT2D eigenvalue weighted by Crippen LogP contribution is 2.20. The molecule has 1 aliphatic rings. The summed E-state index contributed by atoms with van der Waals surface area (Å²) >= 11 is 0. The number of nitrogens with one attached hydrogen (secondary N) is 1. The zero-order valence-electron chi connectivity index (χ0n) is 14.7. The fraction of sp³-hybridized carbons (Fsp3) is 0.278. The first-order valence-corrected chi connectivity index (χ1v) is 10.0. The lowest BCUT2D eigenvalue weighted by atomic mass is 10.2. The van der Waals surface area contributed by atoms with Crippen molar-refractivity contribution in [3.8, 4) is 5.75 Å². The number of hydrogen-bond acceptors (Lipinski definition) is 6. The van der Waals surface area contributed by atoms with Gasteiger partial charge in [-0.3, -0.25) is 9.69 Å². The number of phenols is 1. The van der Waals surface area contributed by atoms with Gasteiger partial charge in [-0.2, -0.15) is 0 Å². The minimum Gasteiger partial charge on any atom is -0.508 e. The second kappa shape index (κ2) is 7.95. The summed E-state index contributed by atoms with van der Waals surface area (Å²) in [6.45, 7) is 3.23. The van der Waals surface area contributed by atoms with Crippen LogP contribution in [-0.4, -0.2) is 57.1 Å². The zero-order valence-corrected chi connectivity index (χ0v) is 15.5. The molecule has 0 atom stereocenters. The highest BCUT2D eigenvalue weighted by molar-refractivity contribution is 7.89. The van der Waals surface area contributed by atoms with Crippen molar-refractivity contribution in [3.05, 3.63) is 48.5 Å². The number of primary sulfonamides is 1. The average molecular weight is 390 g/mol. The molecule has 1 aliphatic heterocycles. The van der Waals surface area contributed by atoms with Crippen LogP contribution in [0.4, 0.5) is 11.4 Å². The predicted molar refractivity (Wildman–Crippen MR) is 103 cm³/mol. The topological polar surface area (TPSA) is 116 Å². The van der Waals surface area contributed by atoms with E-state index in [9.17, 15) is 18.3 Å². The third-order valence-electron chi connectivity index (χ3n) is 4.40. The predicted octanol–water partition coefficient (Wildman–Crippen LogP) is 0.800. The van der Waals surface area contributed by atoms with Crippen LogP contribution in [0.25, 0.3) is 0 Å². The molecular weight excluding hydrogens is 368 g/mol. The van der Waals surface area contributed by atoms with Gasteiger partial charge in [-0.15, -0.1) is 0 Å². The minimum atomic E-state index is -3.81. The molecule has 27 heavy (non-hydrogen) atoms. The van der Waals surface area contributed by atoms with E-state index in [2.05, 4.69) is 10.2 Å². The normalized spacial score (nSPS) is 15.5. The lowest BCUT2D eigenvalue weighted by Gasteiger charge is -2.35. The van der Waals surface area contributed by atoms with E-state index in [1.54, 1.807) is 18.2 Å². The van der Waals surface area contributed by atoms with Gasteiger partial charge >= 0.3 is 0 Å². The van der Waals surface area contributed by atoms with Gasteiger partial charge in [0, 0.05) is 37.6 Å². The van der Waals surface area contributed by atoms with Gasteiger partial charge in [-0.25, -0.2) is 13.6 Å². The molecule has 0 aliphatic carbocycles. The van der Waals surface area contributed by atoms with Crippen molar-refractivity contribution in [1.29, 1.82) is 0 Å². The van der Waals surface area contributed by atoms with Gasteiger partial charge in [-0.05, 0) is 42.5 Å². The molecule has 0 bridgehead atoms. The molecule has 1 fully saturated rings. The molecule has 0 aromatic heterocycles. The van der Waals surface area contributed by atoms with Crippen molar-refractivity contribution in [3.63, 3.8) is 0 Å². The minimum absolute atomic E-state index is 0.0391. The van der Waals surface area contributed by atoms with Gasteiger partial charge in [0.25, 0.3) is 0 Å². The number of aromatic hydroxyl groups is 1. The number of benzene rings is 2. The molecule has 0 radical (unpaired) electrons. The standard InChI is InChI=1S/C18H22N4O4S/c19-27(25,26)17-3-1-2-14(12-17)20-18(24)13-21-8-10-22(11-9-21)15-4-6-16(23)7-5-15/h1-7,12,23H,8-11,13H2,(H,20,24)(H2,19,25,26). The Balaban J connectivity index is 1.52. The van der Waals surface area contributed by atoms with E-state index in [1.807, 2.05) is 17.0 Å². The van der Waals surface area contributed by atoms with E-state index in [1.165, 1.54) is 18.2 Å². The summed E-state index contributed by atoms with van der Waals surface area (Å²) in [4.78, 5) is 16.5. The SMILES string of the molecule is NS(=O)(=O)c1cccc(NC(=O)CN2CCN(c3ccc(O)cc3)CC2)c1. The number of piperazine rings is 1. The lowest BCUT2D eigenvalue weighted by Crippen LogP contribution is -2.48. The summed E-state index contributed by atoms with van der Waals surface area (Å²) in [7, 11) is -3.81. The number of amides is 1. The third kappa shape index (κ3) is 5.19. The Kier molecular flexibility index (Phi) is 5.64. The maximum absolute atomic E-state index is 12.3. The summed E-state index contributed by atoms with van der Waals surface area (Å²) in [6, 6.07) is 12.9. The molecule has 0 saturated carbocycles. The molecule has 1 saturated heterocycles. The van der Waals surface area contributed by atoms with Gasteiger partial charge in [0.2, 0.25) is 15.9 Å². The number of nitrogens with two attached hydrogens (primary N) is 1. The molecule has 0 unspecified atom stereocenters. The van der Waals surface area contributed by atoms with Crippen molar-refractivity contribution in [1.82, 2.24) is 4.90 Å². The average Bonchev–Trinajstić information content (AvgIpc) is 2.62. The van der Waals surface area contributed by atoms with Gasteiger partial charge in [0.15, 0.2) is 0 Å². The maximum Gasteiger partial charge on any atom is 0.238 e. The Morgan fingerprint density at radius 3 is 2.37 bits per heavy atom. The van der Waals surface area contributed by atoms with Crippen molar-refractivity contribution < 1.29 is 18.3 Å². The molecule has 1 amide bonds. The molecule has 9 heteroatoms. The zero-order chi connectivity index (χ0) is 19.4. The molecule has 1 heterocycles. The second-order valence-electron chi connectivity index (χ2n) is 6.40. The molecule has 3 rings (SSSR count). The van der Waals surface area contributed by atoms with E-state index in [0.29, 0.717) is 5.69 Å². The first-order valence-electron chi connectivity index (χ1n) is 8.50. The largest absolute Gasteiger partial charge is 0.508 e. The number of sulfonamides is 1. The van der Waals surface area contributed by atoms with Crippen molar-refractivity contribution in [2.45, 2.75) is 4.90 Å². The van der Waals surface area contributed by atoms with Crippen molar-refractivity contribution in [2.75, 3.05) is 42.9 Å². The number of carbonyl (C=O) groups is 1. The highest BCUT2D eigenvalue weighted by atomic mass is 32.2. The number of phenolic OH excluding ortho intramolecular Hbond substituents is 1. The smallest absolute Gasteiger partial charge is 0.238 e. The van der Waals surface area contributed by atoms with Gasteiger partial charge in [0.05, 0.1) is 11.4 Å². The van der Waals surface area contributed by atoms with Crippen LogP contribution in [0.5, 0.6) is 5.75 Å². The maximum atomic E-state index is 12.3. The van der Waals surface area contributed by atoms with Crippen LogP contribution in [0.15, 0.2) is 53.4 Å². The number of rotatable bonds is 5. The second-order valence-corrected chi connectivity index (χ2v) is 7.96. The number of hydrogen-bond donors (Lipinski definition) is 3. The van der Waals surface area contributed by atoms with Gasteiger partial charge < -0.3 is 15.3 Å². The van der Waals surface area contributed by atoms with Crippen LogP contribution < -0.4 is 15.4 Å². The molecular formula is C18H22N4O4S. The van der Waals surface area contributed by atoms with Gasteiger partial charge in [0.1, 0.15) is 5.75 Å². The van der Waals surface area contributed by atoms with E-state index < -0.39 is 10.0 Å². The Labute approximate surface area is 158 Å². The van der Waals surface area contributed by atoms with Crippen molar-refractivity contribution in [2.24, 2.45) is 5.14 Å². The number of nitrogens with zero attached hydrogens (tertiary/aromatic N) is 2. The van der Waals surface area contributed by atoms with E-state index in [0.717, 1.165) is 31.9 Å². The van der Waals surface area contributed by atoms with Crippen LogP contribution in [0.1, 0.15) is 0 Å². The molecule has 8 nitrogen and oxygen atoms in total. The summed E-state index contributed by atoms with van der Waals surface area (Å²) in [5.74, 6) is 0.0280. The first kappa shape index (κ1) is 19.2. The van der Waals surface area contributed by atoms with Crippen LogP contribution >= 0.6 is 0 Å². The summed E-state index contributed by atoms with van der Waals surface area (Å²) < 4.78 is 22.8. The fourth-order valence-electron chi connectivity index (χ4n) is 2.98. The molecule has 0 spiro atoms. The Morgan fingerprint density at radius 1 is 1.07 bits per heavy atom. The molecule has 4 N–H and O–H groups in total.